The first kappa shape index (κ1) is 11.4. The molecule has 3 heteroatoms. The lowest BCUT2D eigenvalue weighted by atomic mass is 9.94. The van der Waals surface area contributed by atoms with E-state index < -0.39 is 0 Å². The molecule has 2 nitrogen and oxygen atoms in total. The Kier molecular flexibility index (Phi) is 3.44. The number of rotatable bonds is 3. The van der Waals surface area contributed by atoms with Gasteiger partial charge in [-0.15, -0.1) is 0 Å². The van der Waals surface area contributed by atoms with Crippen molar-refractivity contribution in [2.45, 2.75) is 31.7 Å². The molecule has 16 heavy (non-hydrogen) atoms. The Morgan fingerprint density at radius 2 is 2.25 bits per heavy atom. The summed E-state index contributed by atoms with van der Waals surface area (Å²) in [4.78, 5) is 0. The fraction of sp³-hybridized carbons (Fsp3) is 0.538. The van der Waals surface area contributed by atoms with Crippen LogP contribution in [0.2, 0.25) is 0 Å². The van der Waals surface area contributed by atoms with Crippen LogP contribution in [0.4, 0.5) is 4.39 Å². The van der Waals surface area contributed by atoms with E-state index in [1.807, 2.05) is 6.07 Å². The number of hydrogen-bond donors (Lipinski definition) is 1. The van der Waals surface area contributed by atoms with Gasteiger partial charge in [0.05, 0.1) is 7.11 Å². The van der Waals surface area contributed by atoms with Crippen LogP contribution in [0.25, 0.3) is 0 Å². The molecule has 1 aromatic carbocycles. The second-order valence-electron chi connectivity index (χ2n) is 4.49. The SMILES string of the molecule is COc1c(F)cccc1CC1CCCC1N. The van der Waals surface area contributed by atoms with E-state index >= 15 is 0 Å². The van der Waals surface area contributed by atoms with Gasteiger partial charge in [-0.1, -0.05) is 18.6 Å². The zero-order valence-electron chi connectivity index (χ0n) is 9.58. The van der Waals surface area contributed by atoms with Crippen LogP contribution < -0.4 is 10.5 Å². The van der Waals surface area contributed by atoms with Gasteiger partial charge >= 0.3 is 0 Å². The maximum atomic E-state index is 13.5. The number of ether oxygens (including phenoxy) is 1. The molecule has 1 fully saturated rings. The van der Waals surface area contributed by atoms with E-state index in [9.17, 15) is 4.39 Å². The standard InChI is InChI=1S/C13H18FNO/c1-16-13-10(5-2-6-11(13)14)8-9-4-3-7-12(9)15/h2,5-6,9,12H,3-4,7-8,15H2,1H3. The summed E-state index contributed by atoms with van der Waals surface area (Å²) in [5.41, 5.74) is 6.96. The van der Waals surface area contributed by atoms with Gasteiger partial charge in [0.2, 0.25) is 0 Å². The minimum absolute atomic E-state index is 0.257. The van der Waals surface area contributed by atoms with Crippen LogP contribution in [0.15, 0.2) is 18.2 Å². The number of nitrogens with two attached hydrogens (primary N) is 1. The molecule has 1 aliphatic rings. The largest absolute Gasteiger partial charge is 0.493 e. The third-order valence-electron chi connectivity index (χ3n) is 3.45. The maximum Gasteiger partial charge on any atom is 0.165 e. The van der Waals surface area contributed by atoms with Crippen molar-refractivity contribution >= 4 is 0 Å². The summed E-state index contributed by atoms with van der Waals surface area (Å²) in [6, 6.07) is 5.34. The average molecular weight is 223 g/mol. The summed E-state index contributed by atoms with van der Waals surface area (Å²) in [6.45, 7) is 0. The van der Waals surface area contributed by atoms with Gasteiger partial charge in [0, 0.05) is 6.04 Å². The first-order chi connectivity index (χ1) is 7.72. The summed E-state index contributed by atoms with van der Waals surface area (Å²) in [7, 11) is 1.51. The van der Waals surface area contributed by atoms with Crippen LogP contribution in [0.1, 0.15) is 24.8 Å². The number of hydrogen-bond acceptors (Lipinski definition) is 2. The van der Waals surface area contributed by atoms with Crippen molar-refractivity contribution in [1.82, 2.24) is 0 Å². The first-order valence-electron chi connectivity index (χ1n) is 5.79. The van der Waals surface area contributed by atoms with Crippen molar-refractivity contribution in [2.24, 2.45) is 11.7 Å². The Morgan fingerprint density at radius 3 is 2.88 bits per heavy atom. The second-order valence-corrected chi connectivity index (χ2v) is 4.49. The highest BCUT2D eigenvalue weighted by molar-refractivity contribution is 5.35. The van der Waals surface area contributed by atoms with Crippen LogP contribution in [0, 0.1) is 11.7 Å². The minimum atomic E-state index is -0.286. The lowest BCUT2D eigenvalue weighted by Gasteiger charge is -2.17. The van der Waals surface area contributed by atoms with E-state index in [-0.39, 0.29) is 11.9 Å². The van der Waals surface area contributed by atoms with E-state index in [4.69, 9.17) is 10.5 Å². The molecule has 2 rings (SSSR count). The predicted molar refractivity (Wildman–Crippen MR) is 62.0 cm³/mol. The monoisotopic (exact) mass is 223 g/mol. The van der Waals surface area contributed by atoms with Gasteiger partial charge in [0.15, 0.2) is 11.6 Å². The van der Waals surface area contributed by atoms with Gasteiger partial charge in [-0.05, 0) is 36.8 Å². The summed E-state index contributed by atoms with van der Waals surface area (Å²) in [6.07, 6.45) is 4.23. The molecule has 1 aromatic rings. The predicted octanol–water partition coefficient (Wildman–Crippen LogP) is 2.50. The Balaban J connectivity index is 2.17. The fourth-order valence-electron chi connectivity index (χ4n) is 2.54. The second kappa shape index (κ2) is 4.83. The summed E-state index contributed by atoms with van der Waals surface area (Å²) < 4.78 is 18.6. The molecule has 0 aliphatic heterocycles. The lowest BCUT2D eigenvalue weighted by molar-refractivity contribution is 0.374. The van der Waals surface area contributed by atoms with Crippen molar-refractivity contribution in [3.63, 3.8) is 0 Å². The molecule has 1 saturated carbocycles. The molecular weight excluding hydrogens is 205 g/mol. The van der Waals surface area contributed by atoms with Crippen LogP contribution in [0.3, 0.4) is 0 Å². The molecule has 0 amide bonds. The van der Waals surface area contributed by atoms with Gasteiger partial charge < -0.3 is 10.5 Å². The highest BCUT2D eigenvalue weighted by Crippen LogP contribution is 2.31. The molecule has 0 saturated heterocycles. The van der Waals surface area contributed by atoms with E-state index in [0.29, 0.717) is 11.7 Å². The number of halogens is 1. The molecule has 0 aromatic heterocycles. The van der Waals surface area contributed by atoms with Gasteiger partial charge in [0.1, 0.15) is 0 Å². The highest BCUT2D eigenvalue weighted by atomic mass is 19.1. The first-order valence-corrected chi connectivity index (χ1v) is 5.79. The number of para-hydroxylation sites is 1. The van der Waals surface area contributed by atoms with Crippen LogP contribution in [-0.4, -0.2) is 13.2 Å². The van der Waals surface area contributed by atoms with E-state index in [2.05, 4.69) is 0 Å². The van der Waals surface area contributed by atoms with Crippen molar-refractivity contribution in [1.29, 1.82) is 0 Å². The molecular formula is C13H18FNO. The average Bonchev–Trinajstić information content (AvgIpc) is 2.65. The van der Waals surface area contributed by atoms with Gasteiger partial charge in [0.25, 0.3) is 0 Å². The van der Waals surface area contributed by atoms with Gasteiger partial charge in [-0.3, -0.25) is 0 Å². The van der Waals surface area contributed by atoms with E-state index in [1.54, 1.807) is 6.07 Å². The molecule has 0 heterocycles. The normalized spacial score (nSPS) is 24.7. The Labute approximate surface area is 95.6 Å². The van der Waals surface area contributed by atoms with Crippen LogP contribution in [-0.2, 0) is 6.42 Å². The Hall–Kier alpha value is -1.09. The van der Waals surface area contributed by atoms with Gasteiger partial charge in [-0.2, -0.15) is 0 Å². The molecule has 0 spiro atoms. The van der Waals surface area contributed by atoms with Crippen LogP contribution >= 0.6 is 0 Å². The number of methoxy groups -OCH3 is 1. The zero-order valence-corrected chi connectivity index (χ0v) is 9.58. The van der Waals surface area contributed by atoms with Crippen molar-refractivity contribution < 1.29 is 9.13 Å². The van der Waals surface area contributed by atoms with Crippen molar-refractivity contribution in [3.05, 3.63) is 29.6 Å². The highest BCUT2D eigenvalue weighted by Gasteiger charge is 2.25. The van der Waals surface area contributed by atoms with E-state index in [0.717, 1.165) is 24.8 Å². The van der Waals surface area contributed by atoms with Crippen molar-refractivity contribution in [2.75, 3.05) is 7.11 Å². The molecule has 1 aliphatic carbocycles. The third-order valence-corrected chi connectivity index (χ3v) is 3.45. The van der Waals surface area contributed by atoms with Crippen molar-refractivity contribution in [3.8, 4) is 5.75 Å². The van der Waals surface area contributed by atoms with Gasteiger partial charge in [-0.25, -0.2) is 4.39 Å². The quantitative estimate of drug-likeness (QED) is 0.854. The van der Waals surface area contributed by atoms with E-state index in [1.165, 1.54) is 19.6 Å². The molecule has 88 valence electrons. The summed E-state index contributed by atoms with van der Waals surface area (Å²) in [5.74, 6) is 0.559. The summed E-state index contributed by atoms with van der Waals surface area (Å²) in [5, 5.41) is 0. The summed E-state index contributed by atoms with van der Waals surface area (Å²) >= 11 is 0. The zero-order chi connectivity index (χ0) is 11.5. The molecule has 2 unspecified atom stereocenters. The maximum absolute atomic E-state index is 13.5. The third kappa shape index (κ3) is 2.19. The Morgan fingerprint density at radius 1 is 1.44 bits per heavy atom. The Bertz CT molecular complexity index is 367. The lowest BCUT2D eigenvalue weighted by Crippen LogP contribution is -2.26. The topological polar surface area (TPSA) is 35.2 Å². The fourth-order valence-corrected chi connectivity index (χ4v) is 2.54. The number of benzene rings is 1. The molecule has 2 N–H and O–H groups in total. The smallest absolute Gasteiger partial charge is 0.165 e. The van der Waals surface area contributed by atoms with Crippen LogP contribution in [0.5, 0.6) is 5.75 Å². The molecule has 2 atom stereocenters. The minimum Gasteiger partial charge on any atom is -0.493 e. The molecule has 0 radical (unpaired) electrons. The molecule has 0 bridgehead atoms.